The zero-order chi connectivity index (χ0) is 21.4. The molecule has 29 heavy (non-hydrogen) atoms. The highest BCUT2D eigenvalue weighted by atomic mass is 28.3. The fourth-order valence-corrected chi connectivity index (χ4v) is 7.75. The first-order valence-electron chi connectivity index (χ1n) is 10.5. The van der Waals surface area contributed by atoms with Gasteiger partial charge in [0.1, 0.15) is 17.8 Å². The van der Waals surface area contributed by atoms with Crippen LogP contribution in [0.25, 0.3) is 0 Å². The van der Waals surface area contributed by atoms with Gasteiger partial charge in [0, 0.05) is 32.1 Å². The van der Waals surface area contributed by atoms with Crippen LogP contribution in [0.1, 0.15) is 32.6 Å². The van der Waals surface area contributed by atoms with Gasteiger partial charge < -0.3 is 14.2 Å². The minimum absolute atomic E-state index is 0.0682. The summed E-state index contributed by atoms with van der Waals surface area (Å²) < 4.78 is 15.9. The Labute approximate surface area is 173 Å². The molecule has 2 heterocycles. The Morgan fingerprint density at radius 2 is 1.76 bits per heavy atom. The molecule has 0 radical (unpaired) electrons. The van der Waals surface area contributed by atoms with Gasteiger partial charge in [0.15, 0.2) is 0 Å². The van der Waals surface area contributed by atoms with Gasteiger partial charge in [-0.25, -0.2) is 9.59 Å². The number of hydrogen-bond donors (Lipinski definition) is 0. The lowest BCUT2D eigenvalue weighted by Gasteiger charge is -2.39. The van der Waals surface area contributed by atoms with Gasteiger partial charge in [0.25, 0.3) is 0 Å². The predicted octanol–water partition coefficient (Wildman–Crippen LogP) is 3.64. The van der Waals surface area contributed by atoms with Crippen molar-refractivity contribution in [3.63, 3.8) is 0 Å². The van der Waals surface area contributed by atoms with Crippen molar-refractivity contribution in [3.05, 3.63) is 25.3 Å². The van der Waals surface area contributed by atoms with E-state index < -0.39 is 14.0 Å². The topological polar surface area (TPSA) is 78.9 Å². The maximum Gasteiger partial charge on any atom is 0.330 e. The van der Waals surface area contributed by atoms with Crippen molar-refractivity contribution >= 4 is 26.0 Å². The molecule has 6 nitrogen and oxygen atoms in total. The second-order valence-electron chi connectivity index (χ2n) is 9.75. The lowest BCUT2D eigenvalue weighted by Crippen LogP contribution is -2.42. The fourth-order valence-electron chi connectivity index (χ4n) is 5.09. The van der Waals surface area contributed by atoms with E-state index in [1.54, 1.807) is 0 Å². The van der Waals surface area contributed by atoms with E-state index in [1.807, 2.05) is 6.92 Å². The van der Waals surface area contributed by atoms with Crippen LogP contribution in [0, 0.1) is 17.8 Å². The van der Waals surface area contributed by atoms with Gasteiger partial charge >= 0.3 is 17.9 Å². The molecule has 0 spiro atoms. The lowest BCUT2D eigenvalue weighted by molar-refractivity contribution is -0.157. The molecule has 2 saturated heterocycles. The molecule has 0 amide bonds. The summed E-state index contributed by atoms with van der Waals surface area (Å²) in [6, 6.07) is 2.52. The third kappa shape index (κ3) is 4.65. The van der Waals surface area contributed by atoms with Crippen LogP contribution < -0.4 is 0 Å². The summed E-state index contributed by atoms with van der Waals surface area (Å²) in [6.07, 6.45) is 5.79. The van der Waals surface area contributed by atoms with E-state index in [4.69, 9.17) is 14.2 Å². The maximum absolute atomic E-state index is 11.4. The Kier molecular flexibility index (Phi) is 6.08. The van der Waals surface area contributed by atoms with Gasteiger partial charge in [-0.3, -0.25) is 4.79 Å². The highest BCUT2D eigenvalue weighted by Gasteiger charge is 2.63. The van der Waals surface area contributed by atoms with E-state index in [0.717, 1.165) is 31.8 Å². The van der Waals surface area contributed by atoms with E-state index >= 15 is 0 Å². The summed E-state index contributed by atoms with van der Waals surface area (Å²) in [4.78, 5) is 33.6. The number of rotatable bonds is 4. The van der Waals surface area contributed by atoms with Crippen molar-refractivity contribution in [1.29, 1.82) is 0 Å². The molecule has 2 bridgehead atoms. The molecule has 4 aliphatic rings. The molecule has 4 fully saturated rings. The van der Waals surface area contributed by atoms with Crippen molar-refractivity contribution in [3.8, 4) is 0 Å². The van der Waals surface area contributed by atoms with Crippen LogP contribution in [0.4, 0.5) is 0 Å². The number of ether oxygens (including phenoxy) is 3. The first kappa shape index (κ1) is 21.8. The molecule has 5 unspecified atom stereocenters. The number of esters is 3. The molecule has 4 rings (SSSR count). The summed E-state index contributed by atoms with van der Waals surface area (Å²) >= 11 is 0. The molecule has 0 aromatic carbocycles. The van der Waals surface area contributed by atoms with Gasteiger partial charge in [-0.15, -0.1) is 0 Å². The summed E-state index contributed by atoms with van der Waals surface area (Å²) in [7, 11) is -0.958. The minimum Gasteiger partial charge on any atom is -0.458 e. The Morgan fingerprint density at radius 3 is 2.34 bits per heavy atom. The van der Waals surface area contributed by atoms with Gasteiger partial charge in [-0.1, -0.05) is 38.3 Å². The Morgan fingerprint density at radius 1 is 1.14 bits per heavy atom. The quantitative estimate of drug-likeness (QED) is 0.299. The summed E-state index contributed by atoms with van der Waals surface area (Å²) in [5, 5.41) is 0. The third-order valence-corrected chi connectivity index (χ3v) is 10.2. The standard InChI is InChI=1S/C11H12O4.C11H20O2Si/c1-2-8(12)14-9-5-3-6-7(4-5)11(13)15-10(6)9;1-5-10(12)13-11(2)6-8-14(3,4)9-7-11/h2,5-7,9-10H,1,3-4H2;5H,1,6-9H2,2-4H3. The van der Waals surface area contributed by atoms with Crippen LogP contribution in [0.5, 0.6) is 0 Å². The first-order chi connectivity index (χ1) is 13.6. The number of fused-ring (bicyclic) bond motifs is 1. The molecule has 160 valence electrons. The largest absolute Gasteiger partial charge is 0.458 e. The van der Waals surface area contributed by atoms with Gasteiger partial charge in [0.05, 0.1) is 5.92 Å². The average molecular weight is 421 g/mol. The van der Waals surface area contributed by atoms with Crippen molar-refractivity contribution < 1.29 is 28.6 Å². The Balaban J connectivity index is 0.000000166. The Hall–Kier alpha value is -1.89. The van der Waals surface area contributed by atoms with E-state index in [0.29, 0.717) is 5.92 Å². The normalized spacial score (nSPS) is 35.0. The van der Waals surface area contributed by atoms with Crippen LogP contribution in [0.2, 0.25) is 25.2 Å². The maximum atomic E-state index is 11.4. The molecule has 7 heteroatoms. The predicted molar refractivity (Wildman–Crippen MR) is 111 cm³/mol. The van der Waals surface area contributed by atoms with Crippen LogP contribution in [-0.2, 0) is 28.6 Å². The molecule has 2 aliphatic carbocycles. The molecule has 0 aromatic rings. The molecular weight excluding hydrogens is 388 g/mol. The zero-order valence-electron chi connectivity index (χ0n) is 17.6. The van der Waals surface area contributed by atoms with Crippen molar-refractivity contribution in [2.75, 3.05) is 0 Å². The lowest BCUT2D eigenvalue weighted by atomic mass is 9.88. The molecule has 2 saturated carbocycles. The van der Waals surface area contributed by atoms with Crippen LogP contribution >= 0.6 is 0 Å². The number of carbonyl (C=O) groups is 3. The second-order valence-corrected chi connectivity index (χ2v) is 15.1. The van der Waals surface area contributed by atoms with E-state index in [1.165, 1.54) is 18.2 Å². The fraction of sp³-hybridized carbons (Fsp3) is 0.682. The number of hydrogen-bond acceptors (Lipinski definition) is 6. The van der Waals surface area contributed by atoms with Crippen molar-refractivity contribution in [1.82, 2.24) is 0 Å². The van der Waals surface area contributed by atoms with Gasteiger partial charge in [-0.2, -0.15) is 0 Å². The summed E-state index contributed by atoms with van der Waals surface area (Å²) in [6.45, 7) is 13.6. The Bertz CT molecular complexity index is 704. The van der Waals surface area contributed by atoms with Gasteiger partial charge in [-0.05, 0) is 32.6 Å². The smallest absolute Gasteiger partial charge is 0.330 e. The molecule has 0 aromatic heterocycles. The highest BCUT2D eigenvalue weighted by molar-refractivity contribution is 6.77. The second kappa shape index (κ2) is 8.09. The number of carbonyl (C=O) groups excluding carboxylic acids is 3. The van der Waals surface area contributed by atoms with Gasteiger partial charge in [0.2, 0.25) is 0 Å². The van der Waals surface area contributed by atoms with Crippen molar-refractivity contribution in [2.45, 2.75) is 75.6 Å². The third-order valence-electron chi connectivity index (χ3n) is 7.01. The summed E-state index contributed by atoms with van der Waals surface area (Å²) in [5.41, 5.74) is -0.228. The summed E-state index contributed by atoms with van der Waals surface area (Å²) in [5.74, 6) is -0.158. The SMILES string of the molecule is C=CC(=O)OC1(C)CC[Si](C)(C)CC1.C=CC(=O)OC1C2CC3C(=O)OC1C3C2. The average Bonchev–Trinajstić information content (AvgIpc) is 3.30. The van der Waals surface area contributed by atoms with Crippen LogP contribution in [0.3, 0.4) is 0 Å². The van der Waals surface area contributed by atoms with Crippen LogP contribution in [0.15, 0.2) is 25.3 Å². The van der Waals surface area contributed by atoms with Crippen molar-refractivity contribution in [2.24, 2.45) is 17.8 Å². The molecule has 0 N–H and O–H groups in total. The van der Waals surface area contributed by atoms with E-state index in [-0.39, 0.29) is 41.6 Å². The molecular formula is C22H32O6Si. The van der Waals surface area contributed by atoms with Crippen LogP contribution in [-0.4, -0.2) is 43.8 Å². The van der Waals surface area contributed by atoms with E-state index in [9.17, 15) is 14.4 Å². The monoisotopic (exact) mass is 420 g/mol. The minimum atomic E-state index is -0.958. The van der Waals surface area contributed by atoms with E-state index in [2.05, 4.69) is 26.3 Å². The first-order valence-corrected chi connectivity index (χ1v) is 13.9. The highest BCUT2D eigenvalue weighted by Crippen LogP contribution is 2.55. The molecule has 5 atom stereocenters. The molecule has 2 aliphatic heterocycles. The zero-order valence-corrected chi connectivity index (χ0v) is 18.6.